The molecule has 356 valence electrons. The van der Waals surface area contributed by atoms with E-state index >= 15 is 0 Å². The molecule has 63 heavy (non-hydrogen) atoms. The van der Waals surface area contributed by atoms with Crippen LogP contribution in [0.1, 0.15) is 186 Å². The highest BCUT2D eigenvalue weighted by Gasteiger charge is 2.51. The van der Waals surface area contributed by atoms with Gasteiger partial charge in [0.15, 0.2) is 0 Å². The molecule has 6 aliphatic carbocycles. The zero-order chi connectivity index (χ0) is 46.5. The second-order valence-electron chi connectivity index (χ2n) is 23.6. The molecule has 0 aromatic carbocycles. The lowest BCUT2D eigenvalue weighted by atomic mass is 9.61. The first-order valence-corrected chi connectivity index (χ1v) is 25.5. The highest BCUT2D eigenvalue weighted by atomic mass is 16.5. The van der Waals surface area contributed by atoms with Gasteiger partial charge in [-0.3, -0.25) is 4.79 Å². The first-order chi connectivity index (χ1) is 29.4. The molecule has 0 spiro atoms. The van der Waals surface area contributed by atoms with E-state index in [1.54, 1.807) is 11.1 Å². The molecule has 0 aliphatic heterocycles. The lowest BCUT2D eigenvalue weighted by Gasteiger charge is -2.44. The number of fused-ring (bicyclic) bond motifs is 2. The largest absolute Gasteiger partial charge is 0.462 e. The summed E-state index contributed by atoms with van der Waals surface area (Å²) >= 11 is 0. The van der Waals surface area contributed by atoms with Crippen molar-refractivity contribution < 1.29 is 30.0 Å². The van der Waals surface area contributed by atoms with Crippen molar-refractivity contribution in [2.45, 2.75) is 215 Å². The number of carbonyl (C=O) groups is 1. The maximum absolute atomic E-state index is 11.4. The zero-order valence-corrected chi connectivity index (χ0v) is 42.0. The number of hydrogen-bond acceptors (Lipinski definition) is 6. The van der Waals surface area contributed by atoms with Crippen LogP contribution in [-0.4, -0.2) is 55.9 Å². The molecular weight excluding hydrogens is 781 g/mol. The van der Waals surface area contributed by atoms with E-state index in [0.29, 0.717) is 59.2 Å². The average molecular weight is 873 g/mol. The van der Waals surface area contributed by atoms with Crippen LogP contribution < -0.4 is 0 Å². The van der Waals surface area contributed by atoms with Crippen LogP contribution >= 0.6 is 0 Å². The number of hydrogen-bond donors (Lipinski definition) is 4. The van der Waals surface area contributed by atoms with E-state index in [4.69, 9.17) is 4.74 Å². The Kier molecular flexibility index (Phi) is 17.7. The van der Waals surface area contributed by atoms with Gasteiger partial charge in [0.05, 0.1) is 23.4 Å². The third-order valence-electron chi connectivity index (χ3n) is 17.7. The molecule has 0 saturated heterocycles. The molecule has 0 aromatic rings. The van der Waals surface area contributed by atoms with Crippen molar-refractivity contribution in [1.29, 1.82) is 0 Å². The summed E-state index contributed by atoms with van der Waals surface area (Å²) in [7, 11) is 0. The van der Waals surface area contributed by atoms with Crippen LogP contribution in [0.5, 0.6) is 0 Å². The fourth-order valence-electron chi connectivity index (χ4n) is 13.4. The van der Waals surface area contributed by atoms with Gasteiger partial charge in [-0.25, -0.2) is 0 Å². The lowest BCUT2D eigenvalue weighted by Crippen LogP contribution is -2.35. The second kappa shape index (κ2) is 21.6. The van der Waals surface area contributed by atoms with Gasteiger partial charge in [0.25, 0.3) is 0 Å². The maximum atomic E-state index is 11.4. The molecule has 0 unspecified atom stereocenters. The standard InChI is InChI=1S/C29H46O4.C28H46O2/c1-19(9-10-20(2)28(4,5)32)26-13-14-27-23(8-7-15-29(26,27)6)12-11-22-16-24(31)18-25(17-22)33-21(3)30;1-19-16-22(18-24(29)17-19)11-12-23-8-7-15-28(6)25(13-14-26(23)28)20(2)9-10-21(3)27(4,5)30/h9-12,19-20,24-27,31-32H,7-8,13-18H2,1-6H3;9-12,19-21,24-26,29-30H,7-8,13-18H2,1-6H3/b2*10-9+,22-11-,23-12+/t19-,20+,24-,25-,26-,27+,29-;19-,20-,21+,24+,25-,26+,28-/m11/s1. The van der Waals surface area contributed by atoms with Crippen molar-refractivity contribution in [1.82, 2.24) is 0 Å². The van der Waals surface area contributed by atoms with Gasteiger partial charge >= 0.3 is 5.97 Å². The number of rotatable bonds is 11. The van der Waals surface area contributed by atoms with Crippen molar-refractivity contribution in [3.8, 4) is 0 Å². The van der Waals surface area contributed by atoms with Gasteiger partial charge in [-0.05, 0) is 170 Å². The quantitative estimate of drug-likeness (QED) is 0.122. The van der Waals surface area contributed by atoms with E-state index < -0.39 is 17.3 Å². The number of aliphatic hydroxyl groups excluding tert-OH is 2. The van der Waals surface area contributed by atoms with Crippen LogP contribution in [0.25, 0.3) is 0 Å². The van der Waals surface area contributed by atoms with E-state index in [1.165, 1.54) is 75.9 Å². The first-order valence-electron chi connectivity index (χ1n) is 25.5. The van der Waals surface area contributed by atoms with Crippen LogP contribution in [0.15, 0.2) is 70.9 Å². The summed E-state index contributed by atoms with van der Waals surface area (Å²) in [5, 5.41) is 40.9. The third kappa shape index (κ3) is 13.4. The number of aliphatic hydroxyl groups is 4. The highest BCUT2D eigenvalue weighted by Crippen LogP contribution is 2.61. The molecule has 4 N–H and O–H groups in total. The number of allylic oxidation sites excluding steroid dienone is 8. The monoisotopic (exact) mass is 873 g/mol. The molecule has 0 radical (unpaired) electrons. The fraction of sp³-hybridized carbons (Fsp3) is 0.772. The van der Waals surface area contributed by atoms with Crippen molar-refractivity contribution in [2.75, 3.05) is 0 Å². The Morgan fingerprint density at radius 1 is 0.651 bits per heavy atom. The Morgan fingerprint density at radius 3 is 1.49 bits per heavy atom. The van der Waals surface area contributed by atoms with Crippen molar-refractivity contribution in [3.05, 3.63) is 70.9 Å². The first kappa shape index (κ1) is 51.7. The topological polar surface area (TPSA) is 107 Å². The molecule has 6 heteroatoms. The molecule has 6 nitrogen and oxygen atoms in total. The molecule has 0 heterocycles. The van der Waals surface area contributed by atoms with Gasteiger partial charge in [0.1, 0.15) is 6.10 Å². The molecule has 0 bridgehead atoms. The van der Waals surface area contributed by atoms with Crippen LogP contribution in [0.4, 0.5) is 0 Å². The van der Waals surface area contributed by atoms with Crippen molar-refractivity contribution in [3.63, 3.8) is 0 Å². The smallest absolute Gasteiger partial charge is 0.302 e. The zero-order valence-electron chi connectivity index (χ0n) is 42.0. The third-order valence-corrected chi connectivity index (χ3v) is 17.7. The van der Waals surface area contributed by atoms with Crippen LogP contribution in [-0.2, 0) is 9.53 Å². The Labute approximate surface area is 384 Å². The number of esters is 1. The minimum absolute atomic E-state index is 0.139. The summed E-state index contributed by atoms with van der Waals surface area (Å²) in [5.41, 5.74) is 5.21. The predicted octanol–water partition coefficient (Wildman–Crippen LogP) is 13.0. The van der Waals surface area contributed by atoms with E-state index in [2.05, 4.69) is 97.1 Å². The summed E-state index contributed by atoms with van der Waals surface area (Å²) in [5.74, 6) is 4.41. The van der Waals surface area contributed by atoms with E-state index in [1.807, 2.05) is 27.7 Å². The van der Waals surface area contributed by atoms with E-state index in [9.17, 15) is 25.2 Å². The molecule has 6 rings (SSSR count). The average Bonchev–Trinajstić information content (AvgIpc) is 3.73. The van der Waals surface area contributed by atoms with Gasteiger partial charge in [-0.15, -0.1) is 0 Å². The van der Waals surface area contributed by atoms with Gasteiger partial charge < -0.3 is 25.2 Å². The van der Waals surface area contributed by atoms with Crippen molar-refractivity contribution in [2.24, 2.45) is 64.1 Å². The van der Waals surface area contributed by atoms with E-state index in [0.717, 1.165) is 38.0 Å². The Morgan fingerprint density at radius 2 is 1.08 bits per heavy atom. The number of carbonyl (C=O) groups excluding carboxylic acids is 1. The molecule has 6 fully saturated rings. The summed E-state index contributed by atoms with van der Waals surface area (Å²) in [6.45, 7) is 25.2. The fourth-order valence-corrected chi connectivity index (χ4v) is 13.4. The maximum Gasteiger partial charge on any atom is 0.302 e. The second-order valence-corrected chi connectivity index (χ2v) is 23.6. The Hall–Kier alpha value is -2.25. The van der Waals surface area contributed by atoms with E-state index in [-0.39, 0.29) is 30.0 Å². The van der Waals surface area contributed by atoms with Gasteiger partial charge in [0.2, 0.25) is 0 Å². The molecule has 14 atom stereocenters. The summed E-state index contributed by atoms with van der Waals surface area (Å²) in [4.78, 5) is 11.4. The van der Waals surface area contributed by atoms with Crippen molar-refractivity contribution >= 4 is 5.97 Å². The minimum Gasteiger partial charge on any atom is -0.462 e. The molecular formula is C57H92O6. The van der Waals surface area contributed by atoms with Crippen LogP contribution in [0, 0.1) is 64.1 Å². The van der Waals surface area contributed by atoms with Gasteiger partial charge in [-0.1, -0.05) is 119 Å². The molecule has 6 aliphatic rings. The molecule has 0 amide bonds. The van der Waals surface area contributed by atoms with Crippen LogP contribution in [0.2, 0.25) is 0 Å². The Balaban J connectivity index is 0.000000239. The summed E-state index contributed by atoms with van der Waals surface area (Å²) in [6.07, 6.45) is 35.3. The summed E-state index contributed by atoms with van der Waals surface area (Å²) < 4.78 is 5.39. The van der Waals surface area contributed by atoms with Crippen LogP contribution in [0.3, 0.4) is 0 Å². The highest BCUT2D eigenvalue weighted by molar-refractivity contribution is 5.66. The molecule has 0 aromatic heterocycles. The lowest BCUT2D eigenvalue weighted by molar-refractivity contribution is -0.148. The minimum atomic E-state index is -0.687. The Bertz CT molecular complexity index is 1700. The summed E-state index contributed by atoms with van der Waals surface area (Å²) in [6, 6.07) is 0. The predicted molar refractivity (Wildman–Crippen MR) is 261 cm³/mol. The molecule has 6 saturated carbocycles. The SMILES string of the molecule is CC(=O)O[C@@H]1C/C(=C\C=C2/CCC[C@]3(C)[C@@H]([C@H](C)/C=C/[C@H](C)C(C)(C)O)CC[C@@H]23)C[C@@H](O)C1.C[C@@H]1C/C(=C/C=C2\CCC[C@]3(C)[C@@H]([C@H](C)/C=C/[C@H](C)C(C)(C)O)CC[C@@H]23)C[C@@H](O)C1. The van der Waals surface area contributed by atoms with Gasteiger partial charge in [-0.2, -0.15) is 0 Å². The van der Waals surface area contributed by atoms with Gasteiger partial charge in [0, 0.05) is 31.6 Å². The number of ether oxygens (including phenoxy) is 1. The normalized spacial score (nSPS) is 38.7.